The van der Waals surface area contributed by atoms with Crippen LogP contribution < -0.4 is 5.32 Å². The summed E-state index contributed by atoms with van der Waals surface area (Å²) in [7, 11) is 0. The van der Waals surface area contributed by atoms with E-state index in [1.807, 2.05) is 4.90 Å². The first-order valence-corrected chi connectivity index (χ1v) is 9.62. The van der Waals surface area contributed by atoms with Gasteiger partial charge >= 0.3 is 0 Å². The lowest BCUT2D eigenvalue weighted by atomic mass is 10.1. The Morgan fingerprint density at radius 1 is 1.07 bits per heavy atom. The highest BCUT2D eigenvalue weighted by atomic mass is 35.5. The van der Waals surface area contributed by atoms with Gasteiger partial charge < -0.3 is 10.2 Å². The Balaban J connectivity index is 1.51. The molecule has 0 radical (unpaired) electrons. The van der Waals surface area contributed by atoms with Crippen LogP contribution >= 0.6 is 23.2 Å². The van der Waals surface area contributed by atoms with E-state index in [4.69, 9.17) is 23.2 Å². The maximum absolute atomic E-state index is 13.7. The topological polar surface area (TPSA) is 52.7 Å². The normalized spacial score (nSPS) is 14.8. The molecule has 2 aromatic rings. The molecule has 0 saturated carbocycles. The summed E-state index contributed by atoms with van der Waals surface area (Å²) in [5.41, 5.74) is 1.35. The molecule has 0 aliphatic carbocycles. The van der Waals surface area contributed by atoms with Crippen LogP contribution in [0.5, 0.6) is 0 Å². The highest BCUT2D eigenvalue weighted by Gasteiger charge is 2.24. The number of piperazine rings is 1. The van der Waals surface area contributed by atoms with E-state index in [0.717, 1.165) is 0 Å². The molecule has 1 fully saturated rings. The number of anilines is 1. The molecule has 1 N–H and O–H groups in total. The molecule has 1 aliphatic rings. The summed E-state index contributed by atoms with van der Waals surface area (Å²) in [5.74, 6) is -0.775. The molecule has 0 spiro atoms. The first-order valence-electron chi connectivity index (χ1n) is 8.86. The molecule has 1 saturated heterocycles. The monoisotopic (exact) mass is 423 g/mol. The molecule has 0 atom stereocenters. The minimum Gasteiger partial charge on any atom is -0.336 e. The lowest BCUT2D eigenvalue weighted by Gasteiger charge is -2.34. The zero-order valence-corrected chi connectivity index (χ0v) is 16.9. The molecule has 0 unspecified atom stereocenters. The standard InChI is InChI=1S/C20H20Cl2FN3O2/c1-13-2-3-14(10-17(13)23)20(28)26-8-6-25(7-9-26)12-19(27)24-18-5-4-15(21)11-16(18)22/h2-5,10-11H,6-9,12H2,1H3,(H,24,27). The van der Waals surface area contributed by atoms with Gasteiger partial charge in [-0.05, 0) is 42.8 Å². The van der Waals surface area contributed by atoms with Crippen molar-refractivity contribution in [2.45, 2.75) is 6.92 Å². The number of halogens is 3. The van der Waals surface area contributed by atoms with Gasteiger partial charge in [0.2, 0.25) is 5.91 Å². The third-order valence-corrected chi connectivity index (χ3v) is 5.20. The number of hydrogen-bond donors (Lipinski definition) is 1. The van der Waals surface area contributed by atoms with Crippen molar-refractivity contribution in [2.24, 2.45) is 0 Å². The third-order valence-electron chi connectivity index (χ3n) is 4.65. The van der Waals surface area contributed by atoms with Crippen molar-refractivity contribution < 1.29 is 14.0 Å². The Hall–Kier alpha value is -2.15. The maximum Gasteiger partial charge on any atom is 0.254 e. The predicted molar refractivity (Wildman–Crippen MR) is 109 cm³/mol. The third kappa shape index (κ3) is 5.01. The van der Waals surface area contributed by atoms with Crippen molar-refractivity contribution in [2.75, 3.05) is 38.0 Å². The van der Waals surface area contributed by atoms with Crippen LogP contribution in [0.15, 0.2) is 36.4 Å². The van der Waals surface area contributed by atoms with Crippen molar-refractivity contribution in [3.63, 3.8) is 0 Å². The smallest absolute Gasteiger partial charge is 0.254 e. The molecule has 148 valence electrons. The van der Waals surface area contributed by atoms with Crippen LogP contribution in [-0.4, -0.2) is 54.3 Å². The molecular weight excluding hydrogens is 404 g/mol. The Morgan fingerprint density at radius 3 is 2.43 bits per heavy atom. The van der Waals surface area contributed by atoms with E-state index in [1.165, 1.54) is 6.07 Å². The molecular formula is C20H20Cl2FN3O2. The number of carbonyl (C=O) groups is 2. The summed E-state index contributed by atoms with van der Waals surface area (Å²) in [4.78, 5) is 28.4. The summed E-state index contributed by atoms with van der Waals surface area (Å²) in [6.45, 7) is 3.92. The van der Waals surface area contributed by atoms with Crippen molar-refractivity contribution in [1.82, 2.24) is 9.80 Å². The van der Waals surface area contributed by atoms with Crippen LogP contribution in [0.3, 0.4) is 0 Å². The van der Waals surface area contributed by atoms with Gasteiger partial charge in [-0.3, -0.25) is 14.5 Å². The molecule has 2 amide bonds. The Bertz CT molecular complexity index is 899. The van der Waals surface area contributed by atoms with Crippen molar-refractivity contribution >= 4 is 40.7 Å². The lowest BCUT2D eigenvalue weighted by Crippen LogP contribution is -2.50. The summed E-state index contributed by atoms with van der Waals surface area (Å²) in [6.07, 6.45) is 0. The molecule has 1 heterocycles. The van der Waals surface area contributed by atoms with Crippen molar-refractivity contribution in [3.05, 3.63) is 63.4 Å². The molecule has 8 heteroatoms. The summed E-state index contributed by atoms with van der Waals surface area (Å²) in [6, 6.07) is 9.38. The molecule has 3 rings (SSSR count). The molecule has 5 nitrogen and oxygen atoms in total. The fraction of sp³-hybridized carbons (Fsp3) is 0.300. The van der Waals surface area contributed by atoms with E-state index in [2.05, 4.69) is 5.32 Å². The highest BCUT2D eigenvalue weighted by Crippen LogP contribution is 2.25. The number of hydrogen-bond acceptors (Lipinski definition) is 3. The van der Waals surface area contributed by atoms with Gasteiger partial charge in [0.15, 0.2) is 0 Å². The van der Waals surface area contributed by atoms with Crippen LogP contribution in [0.2, 0.25) is 10.0 Å². The number of rotatable bonds is 4. The van der Waals surface area contributed by atoms with Crippen LogP contribution in [-0.2, 0) is 4.79 Å². The van der Waals surface area contributed by atoms with Gasteiger partial charge in [-0.1, -0.05) is 29.3 Å². The minimum atomic E-state index is -0.387. The van der Waals surface area contributed by atoms with Gasteiger partial charge in [0.25, 0.3) is 5.91 Å². The molecule has 0 bridgehead atoms. The number of carbonyl (C=O) groups excluding carboxylic acids is 2. The van der Waals surface area contributed by atoms with E-state index in [-0.39, 0.29) is 24.2 Å². The lowest BCUT2D eigenvalue weighted by molar-refractivity contribution is -0.117. The number of amides is 2. The number of nitrogens with zero attached hydrogens (tertiary/aromatic N) is 2. The van der Waals surface area contributed by atoms with Gasteiger partial charge in [0.1, 0.15) is 5.82 Å². The van der Waals surface area contributed by atoms with E-state index < -0.39 is 0 Å². The second kappa shape index (κ2) is 8.90. The first kappa shape index (κ1) is 20.6. The van der Waals surface area contributed by atoms with Gasteiger partial charge in [0, 0.05) is 36.8 Å². The molecule has 1 aliphatic heterocycles. The quantitative estimate of drug-likeness (QED) is 0.812. The fourth-order valence-corrected chi connectivity index (χ4v) is 3.46. The Morgan fingerprint density at radius 2 is 1.79 bits per heavy atom. The van der Waals surface area contributed by atoms with Crippen LogP contribution in [0.25, 0.3) is 0 Å². The van der Waals surface area contributed by atoms with Gasteiger partial charge in [-0.15, -0.1) is 0 Å². The van der Waals surface area contributed by atoms with Crippen LogP contribution in [0.4, 0.5) is 10.1 Å². The number of benzene rings is 2. The number of aryl methyl sites for hydroxylation is 1. The van der Waals surface area contributed by atoms with Crippen LogP contribution in [0, 0.1) is 12.7 Å². The highest BCUT2D eigenvalue weighted by molar-refractivity contribution is 6.36. The second-order valence-corrected chi connectivity index (χ2v) is 7.55. The van der Waals surface area contributed by atoms with E-state index >= 15 is 0 Å². The van der Waals surface area contributed by atoms with Crippen molar-refractivity contribution in [1.29, 1.82) is 0 Å². The van der Waals surface area contributed by atoms with Gasteiger partial charge in [-0.2, -0.15) is 0 Å². The summed E-state index contributed by atoms with van der Waals surface area (Å²) in [5, 5.41) is 3.64. The predicted octanol–water partition coefficient (Wildman–Crippen LogP) is 3.84. The second-order valence-electron chi connectivity index (χ2n) is 6.70. The molecule has 0 aromatic heterocycles. The average Bonchev–Trinajstić information content (AvgIpc) is 2.66. The van der Waals surface area contributed by atoms with E-state index in [1.54, 1.807) is 42.2 Å². The summed E-state index contributed by atoms with van der Waals surface area (Å²) >= 11 is 11.9. The SMILES string of the molecule is Cc1ccc(C(=O)N2CCN(CC(=O)Nc3ccc(Cl)cc3Cl)CC2)cc1F. The number of nitrogens with one attached hydrogen (secondary N) is 1. The first-order chi connectivity index (χ1) is 13.3. The van der Waals surface area contributed by atoms with Gasteiger partial charge in [0.05, 0.1) is 17.3 Å². The largest absolute Gasteiger partial charge is 0.336 e. The zero-order valence-electron chi connectivity index (χ0n) is 15.3. The Kier molecular flexibility index (Phi) is 6.54. The van der Waals surface area contributed by atoms with E-state index in [0.29, 0.717) is 53.0 Å². The summed E-state index contributed by atoms with van der Waals surface area (Å²) < 4.78 is 13.7. The van der Waals surface area contributed by atoms with Crippen LogP contribution in [0.1, 0.15) is 15.9 Å². The minimum absolute atomic E-state index is 0.190. The zero-order chi connectivity index (χ0) is 20.3. The average molecular weight is 424 g/mol. The van der Waals surface area contributed by atoms with Gasteiger partial charge in [-0.25, -0.2) is 4.39 Å². The van der Waals surface area contributed by atoms with E-state index in [9.17, 15) is 14.0 Å². The molecule has 2 aromatic carbocycles. The Labute approximate surface area is 173 Å². The fourth-order valence-electron chi connectivity index (χ4n) is 3.00. The maximum atomic E-state index is 13.7. The van der Waals surface area contributed by atoms with Crippen molar-refractivity contribution in [3.8, 4) is 0 Å². The molecule has 28 heavy (non-hydrogen) atoms.